The van der Waals surface area contributed by atoms with Crippen molar-refractivity contribution in [3.63, 3.8) is 0 Å². The number of allylic oxidation sites excluding steroid dienone is 1. The molecule has 156 valence electrons. The molecular formula is C30H26OSi. The molecule has 6 rings (SSSR count). The molecule has 1 unspecified atom stereocenters. The van der Waals surface area contributed by atoms with Crippen LogP contribution in [0.4, 0.5) is 0 Å². The van der Waals surface area contributed by atoms with Gasteiger partial charge in [0.05, 0.1) is 14.3 Å². The Hall–Kier alpha value is -3.36. The number of rotatable bonds is 3. The summed E-state index contributed by atoms with van der Waals surface area (Å²) in [5.74, 6) is 1.28. The van der Waals surface area contributed by atoms with Crippen molar-refractivity contribution in [1.82, 2.24) is 0 Å². The van der Waals surface area contributed by atoms with E-state index >= 15 is 0 Å². The molecule has 1 aliphatic carbocycles. The smallest absolute Gasteiger partial charge is 0.133 e. The van der Waals surface area contributed by atoms with Gasteiger partial charge in [0.2, 0.25) is 0 Å². The third-order valence-electron chi connectivity index (χ3n) is 6.74. The fourth-order valence-electron chi connectivity index (χ4n) is 5.20. The van der Waals surface area contributed by atoms with Crippen molar-refractivity contribution in [2.24, 2.45) is 0 Å². The van der Waals surface area contributed by atoms with Crippen LogP contribution in [0.5, 0.6) is 0 Å². The van der Waals surface area contributed by atoms with Crippen molar-refractivity contribution in [3.05, 3.63) is 108 Å². The molecule has 1 aromatic heterocycles. The average molecular weight is 431 g/mol. The molecule has 1 aliphatic rings. The molecular weight excluding hydrogens is 404 g/mol. The van der Waals surface area contributed by atoms with Gasteiger partial charge in [0.1, 0.15) is 5.76 Å². The summed E-state index contributed by atoms with van der Waals surface area (Å²) in [7, 11) is -1.53. The molecule has 0 fully saturated rings. The summed E-state index contributed by atoms with van der Waals surface area (Å²) in [5.41, 5.74) is 5.23. The molecule has 0 radical (unpaired) electrons. The maximum Gasteiger partial charge on any atom is 0.133 e. The fraction of sp³-hybridized carbons (Fsp3) is 0.133. The van der Waals surface area contributed by atoms with Crippen LogP contribution in [0.1, 0.15) is 22.6 Å². The maximum absolute atomic E-state index is 6.12. The Bertz CT molecular complexity index is 1510. The summed E-state index contributed by atoms with van der Waals surface area (Å²) in [6.45, 7) is 7.15. The van der Waals surface area contributed by atoms with Crippen LogP contribution < -0.4 is 5.19 Å². The quantitative estimate of drug-likeness (QED) is 0.209. The van der Waals surface area contributed by atoms with Gasteiger partial charge in [-0.05, 0) is 61.6 Å². The molecule has 0 saturated heterocycles. The molecule has 1 nitrogen and oxygen atoms in total. The third-order valence-corrected chi connectivity index (χ3v) is 8.75. The first-order chi connectivity index (χ1) is 15.5. The van der Waals surface area contributed by atoms with Gasteiger partial charge < -0.3 is 4.42 Å². The second-order valence-electron chi connectivity index (χ2n) is 9.83. The first-order valence-electron chi connectivity index (χ1n) is 11.3. The molecule has 0 amide bonds. The van der Waals surface area contributed by atoms with Gasteiger partial charge in [-0.1, -0.05) is 92.5 Å². The highest BCUT2D eigenvalue weighted by molar-refractivity contribution is 6.89. The monoisotopic (exact) mass is 430 g/mol. The third kappa shape index (κ3) is 2.98. The lowest BCUT2D eigenvalue weighted by Gasteiger charge is -2.20. The molecule has 5 aromatic rings. The summed E-state index contributed by atoms with van der Waals surface area (Å²) in [5, 5.41) is 6.59. The van der Waals surface area contributed by atoms with Crippen LogP contribution in [0, 0.1) is 0 Å². The molecule has 1 atom stereocenters. The Labute approximate surface area is 190 Å². The van der Waals surface area contributed by atoms with Crippen LogP contribution >= 0.6 is 0 Å². The topological polar surface area (TPSA) is 13.1 Å². The van der Waals surface area contributed by atoms with Crippen LogP contribution in [0.3, 0.4) is 0 Å². The van der Waals surface area contributed by atoms with Gasteiger partial charge in [-0.3, -0.25) is 0 Å². The van der Waals surface area contributed by atoms with Crippen LogP contribution in [0.2, 0.25) is 19.6 Å². The van der Waals surface area contributed by atoms with E-state index in [1.165, 1.54) is 49.0 Å². The summed E-state index contributed by atoms with van der Waals surface area (Å²) < 4.78 is 6.12. The molecule has 1 heterocycles. The van der Waals surface area contributed by atoms with Gasteiger partial charge in [0.25, 0.3) is 0 Å². The van der Waals surface area contributed by atoms with Gasteiger partial charge in [-0.25, -0.2) is 0 Å². The van der Waals surface area contributed by atoms with Crippen molar-refractivity contribution in [3.8, 4) is 11.3 Å². The van der Waals surface area contributed by atoms with E-state index in [0.29, 0.717) is 0 Å². The number of furan rings is 1. The summed E-state index contributed by atoms with van der Waals surface area (Å²) >= 11 is 0. The van der Waals surface area contributed by atoms with Crippen LogP contribution in [-0.4, -0.2) is 8.07 Å². The second kappa shape index (κ2) is 7.08. The minimum absolute atomic E-state index is 0.241. The Morgan fingerprint density at radius 1 is 0.750 bits per heavy atom. The molecule has 0 bridgehead atoms. The Kier molecular flexibility index (Phi) is 4.28. The van der Waals surface area contributed by atoms with E-state index in [9.17, 15) is 0 Å². The number of hydrogen-bond acceptors (Lipinski definition) is 1. The van der Waals surface area contributed by atoms with Crippen molar-refractivity contribution >= 4 is 40.9 Å². The zero-order valence-corrected chi connectivity index (χ0v) is 19.7. The minimum atomic E-state index is -1.53. The maximum atomic E-state index is 6.12. The van der Waals surface area contributed by atoms with Gasteiger partial charge in [0.15, 0.2) is 0 Å². The van der Waals surface area contributed by atoms with Crippen molar-refractivity contribution in [1.29, 1.82) is 0 Å². The largest absolute Gasteiger partial charge is 0.465 e. The zero-order valence-electron chi connectivity index (χ0n) is 18.7. The molecule has 0 saturated carbocycles. The van der Waals surface area contributed by atoms with Gasteiger partial charge in [0, 0.05) is 11.5 Å². The molecule has 4 aromatic carbocycles. The Morgan fingerprint density at radius 2 is 1.53 bits per heavy atom. The summed E-state index contributed by atoms with van der Waals surface area (Å²) in [6, 6.07) is 28.9. The minimum Gasteiger partial charge on any atom is -0.465 e. The zero-order chi connectivity index (χ0) is 21.9. The Balaban J connectivity index is 1.69. The predicted octanol–water partition coefficient (Wildman–Crippen LogP) is 7.96. The van der Waals surface area contributed by atoms with Crippen molar-refractivity contribution in [2.45, 2.75) is 25.6 Å². The first kappa shape index (κ1) is 19.3. The van der Waals surface area contributed by atoms with Crippen LogP contribution in [0.15, 0.2) is 95.6 Å². The van der Waals surface area contributed by atoms with E-state index in [2.05, 4.69) is 111 Å². The van der Waals surface area contributed by atoms with E-state index in [1.807, 2.05) is 6.26 Å². The molecule has 0 spiro atoms. The highest BCUT2D eigenvalue weighted by atomic mass is 28.3. The molecule has 0 N–H and O–H groups in total. The highest BCUT2D eigenvalue weighted by Gasteiger charge is 2.26. The molecule has 32 heavy (non-hydrogen) atoms. The second-order valence-corrected chi connectivity index (χ2v) is 14.9. The van der Waals surface area contributed by atoms with Gasteiger partial charge >= 0.3 is 0 Å². The lowest BCUT2D eigenvalue weighted by Crippen LogP contribution is -2.37. The number of hydrogen-bond donors (Lipinski definition) is 0. The summed E-state index contributed by atoms with van der Waals surface area (Å²) in [4.78, 5) is 0. The standard InChI is InChI=1S/C30H26OSi/c1-32(2,3)28-16-17-31-30(28)23-18-22-13-12-21-9-5-7-11-25(21)29(22)27(19-23)26-15-14-20-8-4-6-10-24(20)26/h4-19,26H,1-3H3. The van der Waals surface area contributed by atoms with E-state index < -0.39 is 8.07 Å². The SMILES string of the molecule is C[Si](C)(C)c1ccoc1-c1cc(C2C=Cc3ccccc32)c2c(ccc3ccccc32)c1. The normalized spacial score (nSPS) is 15.5. The van der Waals surface area contributed by atoms with E-state index in [4.69, 9.17) is 4.42 Å². The van der Waals surface area contributed by atoms with Crippen LogP contribution in [-0.2, 0) is 0 Å². The van der Waals surface area contributed by atoms with Gasteiger partial charge in [-0.15, -0.1) is 0 Å². The highest BCUT2D eigenvalue weighted by Crippen LogP contribution is 2.42. The van der Waals surface area contributed by atoms with E-state index in [0.717, 1.165) is 5.76 Å². The first-order valence-corrected chi connectivity index (χ1v) is 14.8. The van der Waals surface area contributed by atoms with E-state index in [-0.39, 0.29) is 5.92 Å². The van der Waals surface area contributed by atoms with Gasteiger partial charge in [-0.2, -0.15) is 0 Å². The number of fused-ring (bicyclic) bond motifs is 4. The fourth-order valence-corrected chi connectivity index (χ4v) is 6.65. The lowest BCUT2D eigenvalue weighted by atomic mass is 9.85. The van der Waals surface area contributed by atoms with Crippen molar-refractivity contribution in [2.75, 3.05) is 0 Å². The van der Waals surface area contributed by atoms with E-state index in [1.54, 1.807) is 0 Å². The molecule has 0 aliphatic heterocycles. The predicted molar refractivity (Wildman–Crippen MR) is 139 cm³/mol. The van der Waals surface area contributed by atoms with Crippen molar-refractivity contribution < 1.29 is 4.42 Å². The number of benzene rings is 4. The Morgan fingerprint density at radius 3 is 2.41 bits per heavy atom. The lowest BCUT2D eigenvalue weighted by molar-refractivity contribution is 0.583. The summed E-state index contributed by atoms with van der Waals surface area (Å²) in [6.07, 6.45) is 6.48. The van der Waals surface area contributed by atoms with Crippen LogP contribution in [0.25, 0.3) is 38.9 Å². The average Bonchev–Trinajstić information content (AvgIpc) is 3.46. The molecule has 2 heteroatoms.